The summed E-state index contributed by atoms with van der Waals surface area (Å²) >= 11 is 0. The van der Waals surface area contributed by atoms with Crippen molar-refractivity contribution in [1.82, 2.24) is 15.0 Å². The van der Waals surface area contributed by atoms with Gasteiger partial charge in [-0.3, -0.25) is 14.8 Å². The van der Waals surface area contributed by atoms with Gasteiger partial charge in [0, 0.05) is 36.2 Å². The Morgan fingerprint density at radius 2 is 1.18 bits per heavy atom. The summed E-state index contributed by atoms with van der Waals surface area (Å²) in [5.41, 5.74) is 2.53. The molecule has 0 spiro atoms. The van der Waals surface area contributed by atoms with E-state index in [2.05, 4.69) is 27.1 Å². The fourth-order valence-corrected chi connectivity index (χ4v) is 3.52. The fraction of sp³-hybridized carbons (Fsp3) is 0.0870. The first-order chi connectivity index (χ1) is 16.1. The van der Waals surface area contributed by atoms with E-state index in [1.807, 2.05) is 57.6 Å². The van der Waals surface area contributed by atoms with Crippen molar-refractivity contribution < 1.29 is 0 Å². The summed E-state index contributed by atoms with van der Waals surface area (Å²) in [7, 11) is 0. The number of benzene rings is 2. The normalized spacial score (nSPS) is 14.6. The first kappa shape index (κ1) is 19.8. The number of hydrogen-bond donors (Lipinski definition) is 1. The molecule has 2 aromatic carbocycles. The van der Waals surface area contributed by atoms with Crippen molar-refractivity contribution in [3.63, 3.8) is 0 Å². The van der Waals surface area contributed by atoms with Crippen LogP contribution in [0.1, 0.15) is 11.1 Å². The summed E-state index contributed by atoms with van der Waals surface area (Å²) in [6.45, 7) is 0.882. The molecule has 3 heterocycles. The van der Waals surface area contributed by atoms with Crippen molar-refractivity contribution in [3.05, 3.63) is 94.9 Å². The van der Waals surface area contributed by atoms with Crippen LogP contribution < -0.4 is 25.3 Å². The second kappa shape index (κ2) is 8.21. The molecule has 0 fully saturated rings. The Kier molecular flexibility index (Phi) is 4.94. The van der Waals surface area contributed by atoms with E-state index in [4.69, 9.17) is 10.5 Å². The number of nitrogens with zero attached hydrogens (tertiary/aromatic N) is 8. The van der Waals surface area contributed by atoms with Gasteiger partial charge in [0.15, 0.2) is 0 Å². The number of hydrogen-bond acceptors (Lipinski definition) is 9. The van der Waals surface area contributed by atoms with Crippen LogP contribution in [-0.4, -0.2) is 28.3 Å². The quantitative estimate of drug-likeness (QED) is 0.659. The summed E-state index contributed by atoms with van der Waals surface area (Å²) in [4.78, 5) is 31.1. The zero-order valence-corrected chi connectivity index (χ0v) is 17.3. The van der Waals surface area contributed by atoms with E-state index < -0.39 is 5.69 Å². The van der Waals surface area contributed by atoms with E-state index in [0.717, 1.165) is 11.4 Å². The van der Waals surface area contributed by atoms with Gasteiger partial charge in [-0.25, -0.2) is 4.79 Å². The molecule has 33 heavy (non-hydrogen) atoms. The van der Waals surface area contributed by atoms with Gasteiger partial charge in [0.2, 0.25) is 11.9 Å². The van der Waals surface area contributed by atoms with Crippen LogP contribution >= 0.6 is 0 Å². The molecular weight excluding hydrogens is 418 g/mol. The molecule has 0 atom stereocenters. The maximum atomic E-state index is 12.3. The summed E-state index contributed by atoms with van der Waals surface area (Å²) in [5, 5.41) is 17.9. The fourth-order valence-electron chi connectivity index (χ4n) is 3.52. The lowest BCUT2D eigenvalue weighted by Gasteiger charge is -2.22. The van der Waals surface area contributed by atoms with Gasteiger partial charge in [0.1, 0.15) is 13.3 Å². The number of anilines is 4. The molecule has 5 rings (SSSR count). The predicted octanol–water partition coefficient (Wildman–Crippen LogP) is 2.42. The van der Waals surface area contributed by atoms with Gasteiger partial charge in [-0.15, -0.1) is 0 Å². The van der Waals surface area contributed by atoms with E-state index in [9.17, 15) is 4.79 Å². The topological polar surface area (TPSA) is 119 Å². The standard InChI is InChI=1S/C23H17N9O/c24-13-17-1-5-19(6-2-17)29-9-11-31(15-29)21-26-22(28-23(33)27-21)32-12-10-30(16-32)20-7-3-18(14-25)4-8-20/h1-12H,15-16H2,(H,26,27,28,33). The summed E-state index contributed by atoms with van der Waals surface area (Å²) in [5.74, 6) is 0.661. The lowest BCUT2D eigenvalue weighted by atomic mass is 10.2. The average Bonchev–Trinajstić information content (AvgIpc) is 3.54. The number of H-pyrrole nitrogens is 1. The molecular formula is C23H17N9O. The van der Waals surface area contributed by atoms with E-state index in [1.165, 1.54) is 0 Å². The smallest absolute Gasteiger partial charge is 0.328 e. The third kappa shape index (κ3) is 3.96. The second-order valence-electron chi connectivity index (χ2n) is 7.35. The van der Waals surface area contributed by atoms with Crippen LogP contribution in [0.2, 0.25) is 0 Å². The molecule has 1 N–H and O–H groups in total. The van der Waals surface area contributed by atoms with Gasteiger partial charge >= 0.3 is 5.69 Å². The number of nitrogens with one attached hydrogen (secondary N) is 1. The van der Waals surface area contributed by atoms with Gasteiger partial charge in [0.05, 0.1) is 23.3 Å². The molecule has 10 heteroatoms. The SMILES string of the molecule is N#Cc1ccc(N2C=CN(c3nc(N4C=CN(c5ccc(C#N)cc5)C4)[nH]c(=O)n3)C2)cc1. The van der Waals surface area contributed by atoms with Crippen molar-refractivity contribution in [2.75, 3.05) is 32.9 Å². The van der Waals surface area contributed by atoms with Crippen molar-refractivity contribution in [3.8, 4) is 12.1 Å². The highest BCUT2D eigenvalue weighted by Crippen LogP contribution is 2.25. The lowest BCUT2D eigenvalue weighted by molar-refractivity contribution is 0.850. The summed E-state index contributed by atoms with van der Waals surface area (Å²) < 4.78 is 0. The van der Waals surface area contributed by atoms with Crippen molar-refractivity contribution >= 4 is 23.3 Å². The molecule has 0 saturated heterocycles. The van der Waals surface area contributed by atoms with Crippen LogP contribution in [0, 0.1) is 22.7 Å². The highest BCUT2D eigenvalue weighted by Gasteiger charge is 2.22. The maximum Gasteiger partial charge on any atom is 0.351 e. The van der Waals surface area contributed by atoms with Gasteiger partial charge in [-0.05, 0) is 48.5 Å². The number of rotatable bonds is 4. The molecule has 0 saturated carbocycles. The Labute approximate surface area is 189 Å². The maximum absolute atomic E-state index is 12.3. The molecule has 3 aromatic rings. The minimum absolute atomic E-state index is 0.284. The number of aromatic amines is 1. The van der Waals surface area contributed by atoms with E-state index >= 15 is 0 Å². The highest BCUT2D eigenvalue weighted by molar-refractivity contribution is 5.59. The first-order valence-electron chi connectivity index (χ1n) is 10.0. The van der Waals surface area contributed by atoms with Gasteiger partial charge in [-0.2, -0.15) is 20.5 Å². The van der Waals surface area contributed by atoms with Crippen LogP contribution in [0.4, 0.5) is 23.3 Å². The Morgan fingerprint density at radius 3 is 1.73 bits per heavy atom. The molecule has 0 aliphatic carbocycles. The molecule has 2 aliphatic heterocycles. The molecule has 10 nitrogen and oxygen atoms in total. The number of nitriles is 2. The monoisotopic (exact) mass is 435 g/mol. The van der Waals surface area contributed by atoms with Crippen LogP contribution in [0.5, 0.6) is 0 Å². The van der Waals surface area contributed by atoms with Crippen molar-refractivity contribution in [2.24, 2.45) is 0 Å². The van der Waals surface area contributed by atoms with E-state index in [0.29, 0.717) is 30.4 Å². The van der Waals surface area contributed by atoms with Crippen molar-refractivity contribution in [1.29, 1.82) is 10.5 Å². The number of aromatic nitrogens is 3. The van der Waals surface area contributed by atoms with Gasteiger partial charge < -0.3 is 9.80 Å². The van der Waals surface area contributed by atoms with Crippen LogP contribution in [0.15, 0.2) is 78.1 Å². The van der Waals surface area contributed by atoms with Crippen LogP contribution in [0.25, 0.3) is 0 Å². The highest BCUT2D eigenvalue weighted by atomic mass is 16.1. The first-order valence-corrected chi connectivity index (χ1v) is 10.0. The lowest BCUT2D eigenvalue weighted by Crippen LogP contribution is -2.31. The Balaban J connectivity index is 1.31. The summed E-state index contributed by atoms with van der Waals surface area (Å²) in [6, 6.07) is 18.7. The minimum Gasteiger partial charge on any atom is -0.328 e. The van der Waals surface area contributed by atoms with Crippen LogP contribution in [-0.2, 0) is 0 Å². The molecule has 2 aliphatic rings. The average molecular weight is 435 g/mol. The third-order valence-corrected chi connectivity index (χ3v) is 5.27. The van der Waals surface area contributed by atoms with Crippen LogP contribution in [0.3, 0.4) is 0 Å². The van der Waals surface area contributed by atoms with Crippen molar-refractivity contribution in [2.45, 2.75) is 0 Å². The zero-order valence-electron chi connectivity index (χ0n) is 17.3. The largest absolute Gasteiger partial charge is 0.351 e. The molecule has 160 valence electrons. The third-order valence-electron chi connectivity index (χ3n) is 5.27. The Bertz CT molecular complexity index is 1270. The Hall–Kier alpha value is -5.09. The van der Waals surface area contributed by atoms with Gasteiger partial charge in [-0.1, -0.05) is 0 Å². The predicted molar refractivity (Wildman–Crippen MR) is 123 cm³/mol. The molecule has 0 bridgehead atoms. The van der Waals surface area contributed by atoms with E-state index in [1.54, 1.807) is 35.4 Å². The second-order valence-corrected chi connectivity index (χ2v) is 7.35. The molecule has 0 radical (unpaired) electrons. The van der Waals surface area contributed by atoms with E-state index in [-0.39, 0.29) is 5.95 Å². The zero-order chi connectivity index (χ0) is 22.8. The molecule has 0 unspecified atom stereocenters. The minimum atomic E-state index is -0.495. The van der Waals surface area contributed by atoms with Gasteiger partial charge in [0.25, 0.3) is 0 Å². The summed E-state index contributed by atoms with van der Waals surface area (Å²) in [6.07, 6.45) is 7.38. The molecule has 1 aromatic heterocycles. The Morgan fingerprint density at radius 1 is 0.697 bits per heavy atom. The molecule has 0 amide bonds.